The second-order valence-electron chi connectivity index (χ2n) is 9.07. The van der Waals surface area contributed by atoms with Crippen LogP contribution in [-0.2, 0) is 11.2 Å². The number of rotatable bonds is 6. The number of anilines is 2. The summed E-state index contributed by atoms with van der Waals surface area (Å²) < 4.78 is 7.63. The fraction of sp³-hybridized carbons (Fsp3) is 0.308. The molecule has 1 aliphatic heterocycles. The highest BCUT2D eigenvalue weighted by atomic mass is 16.5. The molecule has 2 fully saturated rings. The van der Waals surface area contributed by atoms with Crippen LogP contribution in [0.5, 0.6) is 0 Å². The molecular weight excluding hydrogens is 428 g/mol. The zero-order valence-corrected chi connectivity index (χ0v) is 18.9. The molecule has 0 radical (unpaired) electrons. The summed E-state index contributed by atoms with van der Waals surface area (Å²) in [4.78, 5) is 26.4. The molecule has 0 spiro atoms. The normalized spacial score (nSPS) is 20.9. The third-order valence-electron chi connectivity index (χ3n) is 6.89. The number of imidazole rings is 1. The number of amides is 1. The minimum absolute atomic E-state index is 0.199. The zero-order valence-electron chi connectivity index (χ0n) is 18.9. The highest BCUT2D eigenvalue weighted by Crippen LogP contribution is 2.57. The maximum Gasteiger partial charge on any atom is 0.256 e. The van der Waals surface area contributed by atoms with Crippen molar-refractivity contribution in [3.63, 3.8) is 0 Å². The zero-order chi connectivity index (χ0) is 23.2. The molecule has 34 heavy (non-hydrogen) atoms. The van der Waals surface area contributed by atoms with Gasteiger partial charge in [-0.25, -0.2) is 15.0 Å². The van der Waals surface area contributed by atoms with Crippen LogP contribution in [0.2, 0.25) is 0 Å². The van der Waals surface area contributed by atoms with E-state index in [1.165, 1.54) is 0 Å². The van der Waals surface area contributed by atoms with Crippen molar-refractivity contribution in [1.82, 2.24) is 19.4 Å². The van der Waals surface area contributed by atoms with Crippen LogP contribution < -0.4 is 11.1 Å². The van der Waals surface area contributed by atoms with Gasteiger partial charge in [0.05, 0.1) is 13.2 Å². The number of fused-ring (bicyclic) bond motifs is 2. The fourth-order valence-electron chi connectivity index (χ4n) is 5.10. The molecule has 4 heterocycles. The summed E-state index contributed by atoms with van der Waals surface area (Å²) in [6.45, 7) is 3.71. The molecule has 1 amide bonds. The average molecular weight is 455 g/mol. The summed E-state index contributed by atoms with van der Waals surface area (Å²) in [5.74, 6) is 3.26. The van der Waals surface area contributed by atoms with Crippen molar-refractivity contribution < 1.29 is 9.53 Å². The third-order valence-corrected chi connectivity index (χ3v) is 6.89. The minimum Gasteiger partial charge on any atom is -0.382 e. The minimum atomic E-state index is -0.199. The lowest BCUT2D eigenvalue weighted by atomic mass is 10.1. The molecule has 0 bridgehead atoms. The Morgan fingerprint density at radius 2 is 1.94 bits per heavy atom. The van der Waals surface area contributed by atoms with Crippen molar-refractivity contribution in [3.8, 4) is 11.3 Å². The number of benzene rings is 1. The molecular formula is C26H26N6O2. The summed E-state index contributed by atoms with van der Waals surface area (Å²) in [5, 5.41) is 2.89. The van der Waals surface area contributed by atoms with Gasteiger partial charge < -0.3 is 15.8 Å². The molecule has 8 heteroatoms. The van der Waals surface area contributed by atoms with Crippen molar-refractivity contribution in [2.24, 2.45) is 11.8 Å². The molecule has 2 atom stereocenters. The van der Waals surface area contributed by atoms with Crippen molar-refractivity contribution in [3.05, 3.63) is 71.9 Å². The first-order valence-corrected chi connectivity index (χ1v) is 11.7. The van der Waals surface area contributed by atoms with Crippen LogP contribution >= 0.6 is 0 Å². The molecule has 4 aromatic rings. The summed E-state index contributed by atoms with van der Waals surface area (Å²) in [6, 6.07) is 11.3. The van der Waals surface area contributed by atoms with Crippen LogP contribution in [0.4, 0.5) is 11.6 Å². The van der Waals surface area contributed by atoms with Gasteiger partial charge in [0.25, 0.3) is 5.91 Å². The van der Waals surface area contributed by atoms with E-state index in [-0.39, 0.29) is 5.91 Å². The molecule has 8 nitrogen and oxygen atoms in total. The second kappa shape index (κ2) is 8.22. The van der Waals surface area contributed by atoms with Gasteiger partial charge in [0.1, 0.15) is 28.7 Å². The summed E-state index contributed by atoms with van der Waals surface area (Å²) in [6.07, 6.45) is 7.35. The van der Waals surface area contributed by atoms with Gasteiger partial charge in [-0.2, -0.15) is 0 Å². The Balaban J connectivity index is 1.28. The predicted molar refractivity (Wildman–Crippen MR) is 130 cm³/mol. The lowest BCUT2D eigenvalue weighted by Crippen LogP contribution is -2.13. The van der Waals surface area contributed by atoms with E-state index in [4.69, 9.17) is 15.5 Å². The molecule has 3 aromatic heterocycles. The van der Waals surface area contributed by atoms with E-state index in [9.17, 15) is 4.79 Å². The number of ether oxygens (including phenoxy) is 1. The Morgan fingerprint density at radius 3 is 2.71 bits per heavy atom. The monoisotopic (exact) mass is 454 g/mol. The van der Waals surface area contributed by atoms with Gasteiger partial charge in [0, 0.05) is 35.6 Å². The van der Waals surface area contributed by atoms with Gasteiger partial charge in [0.15, 0.2) is 0 Å². The van der Waals surface area contributed by atoms with E-state index < -0.39 is 0 Å². The molecule has 6 rings (SSSR count). The summed E-state index contributed by atoms with van der Waals surface area (Å²) in [5.41, 5.74) is 10.5. The van der Waals surface area contributed by atoms with Gasteiger partial charge in [0.2, 0.25) is 0 Å². The number of carbonyl (C=O) groups is 1. The molecule has 172 valence electrons. The van der Waals surface area contributed by atoms with Crippen LogP contribution in [0.1, 0.15) is 41.0 Å². The second-order valence-corrected chi connectivity index (χ2v) is 9.07. The highest BCUT2D eigenvalue weighted by molar-refractivity contribution is 6.04. The highest BCUT2D eigenvalue weighted by Gasteiger charge is 2.56. The lowest BCUT2D eigenvalue weighted by Gasteiger charge is -2.07. The van der Waals surface area contributed by atoms with Gasteiger partial charge in [-0.3, -0.25) is 9.20 Å². The SMILES string of the molecule is CCCc1ccnc(NC(=O)c2ccc(-c3nc(C4C5COCC54)n4ccnc(N)c34)cc2)c1. The van der Waals surface area contributed by atoms with E-state index in [0.717, 1.165) is 54.2 Å². The number of nitrogens with zero attached hydrogens (tertiary/aromatic N) is 4. The van der Waals surface area contributed by atoms with Crippen LogP contribution in [0.25, 0.3) is 16.8 Å². The number of nitrogens with one attached hydrogen (secondary N) is 1. The van der Waals surface area contributed by atoms with Gasteiger partial charge in [-0.05, 0) is 48.1 Å². The number of pyridine rings is 1. The first kappa shape index (κ1) is 20.8. The van der Waals surface area contributed by atoms with Crippen molar-refractivity contribution >= 4 is 23.1 Å². The van der Waals surface area contributed by atoms with E-state index in [1.54, 1.807) is 24.5 Å². The largest absolute Gasteiger partial charge is 0.382 e. The number of aryl methyl sites for hydroxylation is 1. The van der Waals surface area contributed by atoms with E-state index >= 15 is 0 Å². The van der Waals surface area contributed by atoms with Crippen LogP contribution in [0, 0.1) is 11.8 Å². The first-order chi connectivity index (χ1) is 16.6. The molecule has 2 unspecified atom stereocenters. The molecule has 1 aromatic carbocycles. The van der Waals surface area contributed by atoms with Gasteiger partial charge in [-0.15, -0.1) is 0 Å². The molecule has 1 saturated carbocycles. The van der Waals surface area contributed by atoms with Crippen molar-refractivity contribution in [1.29, 1.82) is 0 Å². The summed E-state index contributed by atoms with van der Waals surface area (Å²) >= 11 is 0. The van der Waals surface area contributed by atoms with Gasteiger partial charge >= 0.3 is 0 Å². The van der Waals surface area contributed by atoms with Crippen LogP contribution in [0.15, 0.2) is 55.0 Å². The standard InChI is InChI=1S/C26H26N6O2/c1-2-3-15-8-9-28-20(12-15)30-26(33)17-6-4-16(5-7-17)22-23-24(27)29-10-11-32(23)25(31-22)21-18-13-34-14-19(18)21/h4-12,18-19,21H,2-3,13-14H2,1H3,(H2,27,29)(H,28,30,33). The molecule has 1 aliphatic carbocycles. The number of aromatic nitrogens is 4. The number of carbonyl (C=O) groups excluding carboxylic acids is 1. The van der Waals surface area contributed by atoms with E-state index in [2.05, 4.69) is 26.6 Å². The Labute approximate surface area is 197 Å². The third kappa shape index (κ3) is 3.51. The smallest absolute Gasteiger partial charge is 0.256 e. The van der Waals surface area contributed by atoms with Crippen molar-refractivity contribution in [2.75, 3.05) is 24.3 Å². The molecule has 3 N–H and O–H groups in total. The first-order valence-electron chi connectivity index (χ1n) is 11.7. The maximum absolute atomic E-state index is 12.8. The topological polar surface area (TPSA) is 107 Å². The number of hydrogen-bond donors (Lipinski definition) is 2. The number of hydrogen-bond acceptors (Lipinski definition) is 6. The predicted octanol–water partition coefficient (Wildman–Crippen LogP) is 3.94. The van der Waals surface area contributed by atoms with E-state index in [0.29, 0.717) is 35.0 Å². The number of nitrogen functional groups attached to an aromatic ring is 1. The average Bonchev–Trinajstić information content (AvgIpc) is 3.17. The van der Waals surface area contributed by atoms with Crippen LogP contribution in [-0.4, -0.2) is 38.5 Å². The van der Waals surface area contributed by atoms with Gasteiger partial charge in [-0.1, -0.05) is 25.5 Å². The maximum atomic E-state index is 12.8. The van der Waals surface area contributed by atoms with E-state index in [1.807, 2.05) is 30.5 Å². The fourth-order valence-corrected chi connectivity index (χ4v) is 5.10. The Kier molecular flexibility index (Phi) is 5.03. The Morgan fingerprint density at radius 1 is 1.15 bits per heavy atom. The lowest BCUT2D eigenvalue weighted by molar-refractivity contribution is 0.102. The number of nitrogens with two attached hydrogens (primary N) is 1. The summed E-state index contributed by atoms with van der Waals surface area (Å²) in [7, 11) is 0. The molecule has 1 saturated heterocycles. The molecule has 2 aliphatic rings. The quantitative estimate of drug-likeness (QED) is 0.457. The Bertz CT molecular complexity index is 1370. The Hall–Kier alpha value is -3.78. The van der Waals surface area contributed by atoms with Crippen LogP contribution in [0.3, 0.4) is 0 Å². The van der Waals surface area contributed by atoms with Crippen molar-refractivity contribution in [2.45, 2.75) is 25.7 Å².